The van der Waals surface area contributed by atoms with E-state index >= 15 is 0 Å². The summed E-state index contributed by atoms with van der Waals surface area (Å²) in [7, 11) is 0. The number of rotatable bonds is 11. The van der Waals surface area contributed by atoms with Crippen molar-refractivity contribution in [3.05, 3.63) is 82.0 Å². The summed E-state index contributed by atoms with van der Waals surface area (Å²) in [6, 6.07) is 5.44. The fraction of sp³-hybridized carbons (Fsp3) is 0.500. The highest BCUT2D eigenvalue weighted by atomic mass is 16.5. The van der Waals surface area contributed by atoms with Crippen LogP contribution in [0.1, 0.15) is 99.0 Å². The number of hydrogen-bond donors (Lipinski definition) is 1. The molecule has 1 heterocycles. The third kappa shape index (κ3) is 10.2. The number of fused-ring (bicyclic) bond motifs is 1. The molecule has 0 fully saturated rings. The van der Waals surface area contributed by atoms with E-state index in [-0.39, 0.29) is 5.60 Å². The molecule has 1 unspecified atom stereocenters. The Hall–Kier alpha value is -2.48. The molecule has 0 saturated heterocycles. The van der Waals surface area contributed by atoms with Crippen LogP contribution in [0.5, 0.6) is 11.5 Å². The summed E-state index contributed by atoms with van der Waals surface area (Å²) in [6.07, 6.45) is 19.9. The Bertz CT molecular complexity index is 967. The van der Waals surface area contributed by atoms with E-state index in [4.69, 9.17) is 4.74 Å². The van der Waals surface area contributed by atoms with Crippen LogP contribution < -0.4 is 4.74 Å². The summed E-state index contributed by atoms with van der Waals surface area (Å²) in [4.78, 5) is 0. The van der Waals surface area contributed by atoms with Crippen molar-refractivity contribution in [2.75, 3.05) is 0 Å². The molecule has 0 spiro atoms. The van der Waals surface area contributed by atoms with Gasteiger partial charge in [-0.05, 0) is 124 Å². The first-order chi connectivity index (χ1) is 16.1. The molecule has 1 aromatic rings. The van der Waals surface area contributed by atoms with E-state index in [2.05, 4.69) is 78.8 Å². The maximum atomic E-state index is 9.67. The predicted molar refractivity (Wildman–Crippen MR) is 148 cm³/mol. The van der Waals surface area contributed by atoms with E-state index in [0.717, 1.165) is 62.7 Å². The van der Waals surface area contributed by atoms with Gasteiger partial charge < -0.3 is 9.84 Å². The van der Waals surface area contributed by atoms with Gasteiger partial charge in [0.25, 0.3) is 0 Å². The molecule has 186 valence electrons. The van der Waals surface area contributed by atoms with Gasteiger partial charge in [0, 0.05) is 0 Å². The number of benzene rings is 1. The third-order valence-electron chi connectivity index (χ3n) is 6.64. The largest absolute Gasteiger partial charge is 0.508 e. The van der Waals surface area contributed by atoms with Crippen LogP contribution in [0.2, 0.25) is 0 Å². The quantitative estimate of drug-likeness (QED) is 0.332. The Kier molecular flexibility index (Phi) is 11.0. The van der Waals surface area contributed by atoms with Crippen LogP contribution >= 0.6 is 0 Å². The van der Waals surface area contributed by atoms with Crippen molar-refractivity contribution in [2.45, 2.75) is 105 Å². The molecule has 0 bridgehead atoms. The zero-order valence-corrected chi connectivity index (χ0v) is 22.6. The summed E-state index contributed by atoms with van der Waals surface area (Å²) in [5, 5.41) is 9.67. The molecule has 1 atom stereocenters. The smallest absolute Gasteiger partial charge is 0.123 e. The Morgan fingerprint density at radius 3 is 1.91 bits per heavy atom. The molecular weight excluding hydrogens is 416 g/mol. The van der Waals surface area contributed by atoms with Gasteiger partial charge in [-0.25, -0.2) is 0 Å². The van der Waals surface area contributed by atoms with Crippen molar-refractivity contribution in [3.63, 3.8) is 0 Å². The predicted octanol–water partition coefficient (Wildman–Crippen LogP) is 9.57. The zero-order chi connectivity index (χ0) is 25.1. The summed E-state index contributed by atoms with van der Waals surface area (Å²) in [5.41, 5.74) is 8.10. The lowest BCUT2D eigenvalue weighted by atomic mass is 9.88. The maximum absolute atomic E-state index is 9.67. The number of ether oxygens (including phenoxy) is 1. The molecule has 2 rings (SSSR count). The lowest BCUT2D eigenvalue weighted by molar-refractivity contribution is 0.0570. The van der Waals surface area contributed by atoms with Crippen molar-refractivity contribution in [1.29, 1.82) is 0 Å². The SMILES string of the molecule is CC(C)=CCC(C)=CCC(C)=CCC(C)=CCC(C)=CCCC1(C)CCc2cc(O)ccc2O1. The molecule has 34 heavy (non-hydrogen) atoms. The van der Waals surface area contributed by atoms with Crippen LogP contribution in [-0.4, -0.2) is 10.7 Å². The lowest BCUT2D eigenvalue weighted by Crippen LogP contribution is -2.36. The van der Waals surface area contributed by atoms with Crippen LogP contribution in [0.25, 0.3) is 0 Å². The second-order valence-corrected chi connectivity index (χ2v) is 10.7. The van der Waals surface area contributed by atoms with E-state index in [0.29, 0.717) is 5.75 Å². The van der Waals surface area contributed by atoms with Crippen molar-refractivity contribution < 1.29 is 9.84 Å². The van der Waals surface area contributed by atoms with Crippen molar-refractivity contribution >= 4 is 0 Å². The van der Waals surface area contributed by atoms with E-state index in [1.54, 1.807) is 6.07 Å². The highest BCUT2D eigenvalue weighted by Gasteiger charge is 2.30. The van der Waals surface area contributed by atoms with E-state index in [1.165, 1.54) is 27.9 Å². The van der Waals surface area contributed by atoms with Gasteiger partial charge in [0.05, 0.1) is 0 Å². The summed E-state index contributed by atoms with van der Waals surface area (Å²) < 4.78 is 6.30. The van der Waals surface area contributed by atoms with Gasteiger partial charge in [0.15, 0.2) is 0 Å². The van der Waals surface area contributed by atoms with Crippen LogP contribution in [0.3, 0.4) is 0 Å². The van der Waals surface area contributed by atoms with Gasteiger partial charge in [-0.2, -0.15) is 0 Å². The molecule has 2 heteroatoms. The van der Waals surface area contributed by atoms with Gasteiger partial charge in [0.2, 0.25) is 0 Å². The number of aryl methyl sites for hydroxylation is 1. The first-order valence-electron chi connectivity index (χ1n) is 12.8. The zero-order valence-electron chi connectivity index (χ0n) is 22.6. The third-order valence-corrected chi connectivity index (χ3v) is 6.64. The molecule has 0 saturated carbocycles. The van der Waals surface area contributed by atoms with Gasteiger partial charge in [-0.3, -0.25) is 0 Å². The second kappa shape index (κ2) is 13.4. The van der Waals surface area contributed by atoms with Gasteiger partial charge >= 0.3 is 0 Å². The van der Waals surface area contributed by atoms with Crippen molar-refractivity contribution in [1.82, 2.24) is 0 Å². The van der Waals surface area contributed by atoms with Gasteiger partial charge in [0.1, 0.15) is 17.1 Å². The molecule has 0 amide bonds. The number of aromatic hydroxyl groups is 1. The van der Waals surface area contributed by atoms with Crippen LogP contribution in [0, 0.1) is 0 Å². The minimum absolute atomic E-state index is 0.132. The monoisotopic (exact) mass is 462 g/mol. The Balaban J connectivity index is 1.76. The van der Waals surface area contributed by atoms with Gasteiger partial charge in [-0.1, -0.05) is 58.2 Å². The molecule has 0 radical (unpaired) electrons. The molecule has 1 N–H and O–H groups in total. The topological polar surface area (TPSA) is 29.5 Å². The van der Waals surface area contributed by atoms with Crippen LogP contribution in [0.15, 0.2) is 76.4 Å². The Labute approximate surface area is 208 Å². The molecular formula is C32H46O2. The molecule has 0 aromatic heterocycles. The van der Waals surface area contributed by atoms with Crippen LogP contribution in [0.4, 0.5) is 0 Å². The molecule has 1 aliphatic rings. The van der Waals surface area contributed by atoms with E-state index < -0.39 is 0 Å². The van der Waals surface area contributed by atoms with Crippen molar-refractivity contribution in [3.8, 4) is 11.5 Å². The summed E-state index contributed by atoms with van der Waals surface area (Å²) >= 11 is 0. The van der Waals surface area contributed by atoms with Gasteiger partial charge in [-0.15, -0.1) is 0 Å². The average molecular weight is 463 g/mol. The number of phenols is 1. The standard InChI is InChI=1S/C32H46O2/c1-24(2)10-11-26(4)14-15-28(6)17-16-27(5)13-12-25(3)9-8-21-32(7)22-20-29-23-30(33)18-19-31(29)34-32/h9-10,13-14,17-19,23,33H,8,11-12,15-16,20-22H2,1-7H3. The minimum Gasteiger partial charge on any atom is -0.508 e. The maximum Gasteiger partial charge on any atom is 0.123 e. The summed E-state index contributed by atoms with van der Waals surface area (Å²) in [5.74, 6) is 1.24. The minimum atomic E-state index is -0.132. The van der Waals surface area contributed by atoms with E-state index in [9.17, 15) is 5.11 Å². The van der Waals surface area contributed by atoms with Crippen LogP contribution in [-0.2, 0) is 6.42 Å². The second-order valence-electron chi connectivity index (χ2n) is 10.7. The number of phenolic OH excluding ortho intramolecular Hbond substituents is 1. The number of hydrogen-bond acceptors (Lipinski definition) is 2. The fourth-order valence-electron chi connectivity index (χ4n) is 4.08. The fourth-order valence-corrected chi connectivity index (χ4v) is 4.08. The normalized spacial score (nSPS) is 19.5. The lowest BCUT2D eigenvalue weighted by Gasteiger charge is -2.35. The Morgan fingerprint density at radius 1 is 0.824 bits per heavy atom. The summed E-state index contributed by atoms with van der Waals surface area (Å²) in [6.45, 7) is 15.4. The highest BCUT2D eigenvalue weighted by Crippen LogP contribution is 2.37. The first-order valence-corrected chi connectivity index (χ1v) is 12.8. The average Bonchev–Trinajstić information content (AvgIpc) is 2.78. The first kappa shape index (κ1) is 27.8. The molecule has 0 aliphatic carbocycles. The Morgan fingerprint density at radius 2 is 1.35 bits per heavy atom. The van der Waals surface area contributed by atoms with Crippen molar-refractivity contribution in [2.24, 2.45) is 0 Å². The molecule has 1 aromatic carbocycles. The number of allylic oxidation sites excluding steroid dienone is 10. The van der Waals surface area contributed by atoms with E-state index in [1.807, 2.05) is 12.1 Å². The molecule has 1 aliphatic heterocycles. The highest BCUT2D eigenvalue weighted by molar-refractivity contribution is 5.41. The molecule has 2 nitrogen and oxygen atoms in total.